The van der Waals surface area contributed by atoms with Gasteiger partial charge in [0, 0.05) is 0 Å². The van der Waals surface area contributed by atoms with Crippen molar-refractivity contribution in [3.63, 3.8) is 0 Å². The van der Waals surface area contributed by atoms with Crippen molar-refractivity contribution in [3.8, 4) is 11.5 Å². The van der Waals surface area contributed by atoms with Crippen molar-refractivity contribution in [2.75, 3.05) is 33.9 Å². The highest BCUT2D eigenvalue weighted by molar-refractivity contribution is 5.46. The molecular formula is C28H37NO2. The van der Waals surface area contributed by atoms with E-state index in [9.17, 15) is 0 Å². The normalized spacial score (nSPS) is 28.1. The largest absolute Gasteiger partial charge is 0.497 e. The van der Waals surface area contributed by atoms with Gasteiger partial charge in [-0.1, -0.05) is 31.0 Å². The number of likely N-dealkylation sites (tertiary alicyclic amines) is 1. The van der Waals surface area contributed by atoms with Crippen molar-refractivity contribution < 1.29 is 9.47 Å². The van der Waals surface area contributed by atoms with E-state index in [4.69, 9.17) is 9.47 Å². The lowest BCUT2D eigenvalue weighted by Gasteiger charge is -2.47. The van der Waals surface area contributed by atoms with Crippen LogP contribution >= 0.6 is 0 Å². The first kappa shape index (κ1) is 20.9. The summed E-state index contributed by atoms with van der Waals surface area (Å²) in [5.74, 6) is 4.54. The Hall–Kier alpha value is -2.00. The summed E-state index contributed by atoms with van der Waals surface area (Å²) >= 11 is 0. The molecule has 0 bridgehead atoms. The minimum Gasteiger partial charge on any atom is -0.497 e. The molecule has 4 atom stereocenters. The average molecular weight is 420 g/mol. The lowest BCUT2D eigenvalue weighted by atomic mass is 9.57. The summed E-state index contributed by atoms with van der Waals surface area (Å²) in [7, 11) is 3.56. The van der Waals surface area contributed by atoms with E-state index in [-0.39, 0.29) is 0 Å². The lowest BCUT2D eigenvalue weighted by Crippen LogP contribution is -2.35. The second kappa shape index (κ2) is 9.24. The standard InChI is InChI=1S/C28H37NO2/c1-30-21-11-9-20(10-12-21)28-25-8-4-3-7-23(25)27-19-22(31-2)13-14-24(27)26(28)15-18-29-16-5-6-17-29/h9-14,19,23,25-26,28H,3-8,15-18H2,1-2H3/t23-,25+,26+,28+/m1/s1. The quantitative estimate of drug-likeness (QED) is 0.545. The molecule has 0 amide bonds. The molecule has 1 saturated heterocycles. The fourth-order valence-corrected chi connectivity index (χ4v) is 6.77. The van der Waals surface area contributed by atoms with Gasteiger partial charge in [-0.15, -0.1) is 0 Å². The van der Waals surface area contributed by atoms with Crippen LogP contribution in [0.15, 0.2) is 42.5 Å². The van der Waals surface area contributed by atoms with Crippen LogP contribution < -0.4 is 9.47 Å². The van der Waals surface area contributed by atoms with Crippen LogP contribution in [0.1, 0.15) is 79.4 Å². The second-order valence-corrected chi connectivity index (χ2v) is 9.79. The number of hydrogen-bond donors (Lipinski definition) is 0. The Morgan fingerprint density at radius 2 is 1.52 bits per heavy atom. The predicted octanol–water partition coefficient (Wildman–Crippen LogP) is 6.34. The molecule has 0 radical (unpaired) electrons. The molecule has 2 aromatic rings. The Balaban J connectivity index is 1.55. The third-order valence-electron chi connectivity index (χ3n) is 8.26. The predicted molar refractivity (Wildman–Crippen MR) is 126 cm³/mol. The first-order chi connectivity index (χ1) is 15.3. The van der Waals surface area contributed by atoms with Crippen LogP contribution in [-0.2, 0) is 0 Å². The summed E-state index contributed by atoms with van der Waals surface area (Å²) in [5, 5.41) is 0. The van der Waals surface area contributed by atoms with Gasteiger partial charge in [0.1, 0.15) is 11.5 Å². The molecule has 1 aliphatic heterocycles. The van der Waals surface area contributed by atoms with Crippen LogP contribution in [0.3, 0.4) is 0 Å². The minimum absolute atomic E-state index is 0.578. The minimum atomic E-state index is 0.578. The first-order valence-electron chi connectivity index (χ1n) is 12.3. The van der Waals surface area contributed by atoms with Crippen molar-refractivity contribution in [3.05, 3.63) is 59.2 Å². The van der Waals surface area contributed by atoms with Gasteiger partial charge in [0.2, 0.25) is 0 Å². The molecule has 2 aromatic carbocycles. The molecule has 0 N–H and O–H groups in total. The van der Waals surface area contributed by atoms with E-state index in [0.717, 1.165) is 17.4 Å². The Labute approximate surface area is 187 Å². The van der Waals surface area contributed by atoms with Crippen LogP contribution in [-0.4, -0.2) is 38.8 Å². The summed E-state index contributed by atoms with van der Waals surface area (Å²) in [5.41, 5.74) is 4.68. The molecular weight excluding hydrogens is 382 g/mol. The number of ether oxygens (including phenoxy) is 2. The third kappa shape index (κ3) is 4.09. The van der Waals surface area contributed by atoms with E-state index in [1.807, 2.05) is 0 Å². The van der Waals surface area contributed by atoms with Gasteiger partial charge in [-0.25, -0.2) is 0 Å². The lowest BCUT2D eigenvalue weighted by molar-refractivity contribution is 0.202. The maximum absolute atomic E-state index is 5.65. The zero-order chi connectivity index (χ0) is 21.2. The summed E-state index contributed by atoms with van der Waals surface area (Å²) in [6, 6.07) is 16.0. The molecule has 31 heavy (non-hydrogen) atoms. The van der Waals surface area contributed by atoms with Gasteiger partial charge in [-0.3, -0.25) is 0 Å². The van der Waals surface area contributed by atoms with Gasteiger partial charge in [0.25, 0.3) is 0 Å². The van der Waals surface area contributed by atoms with E-state index < -0.39 is 0 Å². The SMILES string of the molecule is COc1ccc([C@H]2[C@H]3CCCC[C@H]3c3cc(OC)ccc3[C@@H]2CCN2CCCC2)cc1. The number of fused-ring (bicyclic) bond motifs is 3. The summed E-state index contributed by atoms with van der Waals surface area (Å²) in [6.45, 7) is 3.78. The first-order valence-corrected chi connectivity index (χ1v) is 12.3. The monoisotopic (exact) mass is 419 g/mol. The van der Waals surface area contributed by atoms with Crippen LogP contribution in [0.4, 0.5) is 0 Å². The van der Waals surface area contributed by atoms with Crippen molar-refractivity contribution >= 4 is 0 Å². The Morgan fingerprint density at radius 3 is 2.26 bits per heavy atom. The Morgan fingerprint density at radius 1 is 0.806 bits per heavy atom. The molecule has 1 heterocycles. The maximum Gasteiger partial charge on any atom is 0.119 e. The zero-order valence-corrected chi connectivity index (χ0v) is 19.2. The van der Waals surface area contributed by atoms with E-state index >= 15 is 0 Å². The van der Waals surface area contributed by atoms with Crippen molar-refractivity contribution in [1.82, 2.24) is 4.90 Å². The molecule has 2 fully saturated rings. The van der Waals surface area contributed by atoms with Crippen LogP contribution in [0, 0.1) is 5.92 Å². The topological polar surface area (TPSA) is 21.7 Å². The highest BCUT2D eigenvalue weighted by Crippen LogP contribution is 2.57. The third-order valence-corrected chi connectivity index (χ3v) is 8.26. The fraction of sp³-hybridized carbons (Fsp3) is 0.571. The van der Waals surface area contributed by atoms with E-state index in [1.54, 1.807) is 25.3 Å². The zero-order valence-electron chi connectivity index (χ0n) is 19.2. The van der Waals surface area contributed by atoms with Crippen LogP contribution in [0.2, 0.25) is 0 Å². The number of nitrogens with zero attached hydrogens (tertiary/aromatic N) is 1. The molecule has 5 rings (SSSR count). The van der Waals surface area contributed by atoms with Crippen molar-refractivity contribution in [2.24, 2.45) is 5.92 Å². The molecule has 3 heteroatoms. The Kier molecular flexibility index (Phi) is 6.22. The van der Waals surface area contributed by atoms with Gasteiger partial charge in [0.05, 0.1) is 14.2 Å². The second-order valence-electron chi connectivity index (χ2n) is 9.79. The molecule has 0 aromatic heterocycles. The van der Waals surface area contributed by atoms with Crippen LogP contribution in [0.5, 0.6) is 11.5 Å². The smallest absolute Gasteiger partial charge is 0.119 e. The van der Waals surface area contributed by atoms with E-state index in [0.29, 0.717) is 17.8 Å². The van der Waals surface area contributed by atoms with E-state index in [2.05, 4.69) is 47.4 Å². The highest BCUT2D eigenvalue weighted by Gasteiger charge is 2.44. The number of benzene rings is 2. The molecule has 3 aliphatic rings. The molecule has 166 valence electrons. The van der Waals surface area contributed by atoms with Gasteiger partial charge >= 0.3 is 0 Å². The van der Waals surface area contributed by atoms with Crippen molar-refractivity contribution in [2.45, 2.75) is 62.7 Å². The summed E-state index contributed by atoms with van der Waals surface area (Å²) < 4.78 is 11.1. The maximum atomic E-state index is 5.65. The fourth-order valence-electron chi connectivity index (χ4n) is 6.77. The average Bonchev–Trinajstić information content (AvgIpc) is 3.36. The number of methoxy groups -OCH3 is 2. The molecule has 0 spiro atoms. The molecule has 3 nitrogen and oxygen atoms in total. The van der Waals surface area contributed by atoms with Gasteiger partial charge in [-0.2, -0.15) is 0 Å². The van der Waals surface area contributed by atoms with Gasteiger partial charge in [0.15, 0.2) is 0 Å². The van der Waals surface area contributed by atoms with Gasteiger partial charge in [-0.05, 0) is 116 Å². The van der Waals surface area contributed by atoms with Crippen LogP contribution in [0.25, 0.3) is 0 Å². The number of rotatable bonds is 6. The molecule has 0 unspecified atom stereocenters. The Bertz CT molecular complexity index is 871. The highest BCUT2D eigenvalue weighted by atomic mass is 16.5. The molecule has 2 aliphatic carbocycles. The van der Waals surface area contributed by atoms with E-state index in [1.165, 1.54) is 70.1 Å². The summed E-state index contributed by atoms with van der Waals surface area (Å²) in [4.78, 5) is 2.68. The van der Waals surface area contributed by atoms with Gasteiger partial charge < -0.3 is 14.4 Å². The molecule has 1 saturated carbocycles. The summed E-state index contributed by atoms with van der Waals surface area (Å²) in [6.07, 6.45) is 9.36. The number of hydrogen-bond acceptors (Lipinski definition) is 3. The van der Waals surface area contributed by atoms with Crippen molar-refractivity contribution in [1.29, 1.82) is 0 Å².